The Balaban J connectivity index is 1.69. The van der Waals surface area contributed by atoms with Gasteiger partial charge >= 0.3 is 0 Å². The second kappa shape index (κ2) is 7.64. The average molecular weight is 376 g/mol. The number of carbonyl (C=O) groups is 1. The van der Waals surface area contributed by atoms with Crippen LogP contribution in [0.15, 0.2) is 59.7 Å². The number of carbonyl (C=O) groups excluding carboxylic acids is 1. The van der Waals surface area contributed by atoms with Crippen LogP contribution in [0.4, 0.5) is 0 Å². The Morgan fingerprint density at radius 3 is 2.79 bits per heavy atom. The maximum Gasteiger partial charge on any atom is 0.255 e. The zero-order valence-corrected chi connectivity index (χ0v) is 15.5. The largest absolute Gasteiger partial charge is 0.496 e. The number of hydrogen-bond donors (Lipinski definition) is 1. The molecule has 0 radical (unpaired) electrons. The first kappa shape index (κ1) is 17.9. The van der Waals surface area contributed by atoms with Crippen LogP contribution < -0.4 is 15.6 Å². The second-order valence-electron chi connectivity index (χ2n) is 6.59. The van der Waals surface area contributed by atoms with Crippen LogP contribution in [0.3, 0.4) is 0 Å². The highest BCUT2D eigenvalue weighted by molar-refractivity contribution is 5.97. The third-order valence-electron chi connectivity index (χ3n) is 4.86. The lowest BCUT2D eigenvalue weighted by Gasteiger charge is -2.27. The Morgan fingerprint density at radius 2 is 2.00 bits per heavy atom. The van der Waals surface area contributed by atoms with E-state index in [2.05, 4.69) is 10.3 Å². The van der Waals surface area contributed by atoms with E-state index in [9.17, 15) is 9.59 Å². The summed E-state index contributed by atoms with van der Waals surface area (Å²) in [6.07, 6.45) is 4.83. The molecule has 1 N–H and O–H groups in total. The van der Waals surface area contributed by atoms with E-state index in [0.717, 1.165) is 12.0 Å². The lowest BCUT2D eigenvalue weighted by Crippen LogP contribution is -2.38. The van der Waals surface area contributed by atoms with Crippen LogP contribution in [0.25, 0.3) is 11.3 Å². The van der Waals surface area contributed by atoms with Gasteiger partial charge in [-0.2, -0.15) is 0 Å². The fourth-order valence-corrected chi connectivity index (χ4v) is 3.47. The van der Waals surface area contributed by atoms with Crippen molar-refractivity contribution in [2.24, 2.45) is 0 Å². The second-order valence-corrected chi connectivity index (χ2v) is 6.59. The molecular formula is C21H20N4O3. The van der Waals surface area contributed by atoms with Gasteiger partial charge in [0.1, 0.15) is 11.6 Å². The molecule has 7 nitrogen and oxygen atoms in total. The molecule has 0 bridgehead atoms. The third-order valence-corrected chi connectivity index (χ3v) is 4.86. The zero-order valence-electron chi connectivity index (χ0n) is 15.5. The number of fused-ring (bicyclic) bond motifs is 1. The lowest BCUT2D eigenvalue weighted by molar-refractivity contribution is 0.0924. The van der Waals surface area contributed by atoms with Gasteiger partial charge in [-0.05, 0) is 37.1 Å². The number of rotatable bonds is 4. The summed E-state index contributed by atoms with van der Waals surface area (Å²) in [4.78, 5) is 34.2. The molecule has 1 aliphatic heterocycles. The van der Waals surface area contributed by atoms with Crippen molar-refractivity contribution in [3.05, 3.63) is 76.6 Å². The first-order chi connectivity index (χ1) is 13.7. The van der Waals surface area contributed by atoms with E-state index in [1.807, 2.05) is 18.2 Å². The van der Waals surface area contributed by atoms with Crippen molar-refractivity contribution in [3.63, 3.8) is 0 Å². The Hall–Kier alpha value is -3.48. The summed E-state index contributed by atoms with van der Waals surface area (Å²) in [7, 11) is 1.53. The average Bonchev–Trinajstić information content (AvgIpc) is 2.74. The van der Waals surface area contributed by atoms with E-state index in [-0.39, 0.29) is 17.5 Å². The summed E-state index contributed by atoms with van der Waals surface area (Å²) in [5.74, 6) is 0.833. The van der Waals surface area contributed by atoms with Crippen molar-refractivity contribution in [3.8, 4) is 17.0 Å². The van der Waals surface area contributed by atoms with Gasteiger partial charge in [-0.15, -0.1) is 0 Å². The van der Waals surface area contributed by atoms with Crippen molar-refractivity contribution < 1.29 is 9.53 Å². The van der Waals surface area contributed by atoms with Crippen molar-refractivity contribution in [2.45, 2.75) is 25.4 Å². The number of para-hydroxylation sites is 1. The van der Waals surface area contributed by atoms with Crippen LogP contribution >= 0.6 is 0 Å². The Labute approximate surface area is 162 Å². The fraction of sp³-hybridized carbons (Fsp3) is 0.238. The predicted octanol–water partition coefficient (Wildman–Crippen LogP) is 2.58. The van der Waals surface area contributed by atoms with Crippen molar-refractivity contribution >= 4 is 5.91 Å². The molecule has 3 heterocycles. The molecular weight excluding hydrogens is 356 g/mol. The number of ether oxygens (including phenoxy) is 1. The summed E-state index contributed by atoms with van der Waals surface area (Å²) >= 11 is 0. The summed E-state index contributed by atoms with van der Waals surface area (Å²) < 4.78 is 6.92. The quantitative estimate of drug-likeness (QED) is 0.756. The number of nitrogens with zero attached hydrogens (tertiary/aromatic N) is 3. The standard InChI is InChI=1S/C21H20N4O3/c1-28-18-7-3-2-5-15(18)21(27)24-16-6-4-12-25-19(26)13-17(23-20(16)25)14-8-10-22-11-9-14/h2-3,5,7-11,13,16H,4,6,12H2,1H3,(H,24,27). The maximum absolute atomic E-state index is 12.8. The summed E-state index contributed by atoms with van der Waals surface area (Å²) in [6, 6.07) is 11.9. The number of aromatic nitrogens is 3. The van der Waals surface area contributed by atoms with Crippen LogP contribution in [0, 0.1) is 0 Å². The maximum atomic E-state index is 12.8. The van der Waals surface area contributed by atoms with Crippen LogP contribution in [0.1, 0.15) is 35.1 Å². The van der Waals surface area contributed by atoms with Crippen LogP contribution in [-0.4, -0.2) is 27.6 Å². The first-order valence-corrected chi connectivity index (χ1v) is 9.13. The highest BCUT2D eigenvalue weighted by Gasteiger charge is 2.26. The van der Waals surface area contributed by atoms with Crippen LogP contribution in [-0.2, 0) is 6.54 Å². The highest BCUT2D eigenvalue weighted by atomic mass is 16.5. The van der Waals surface area contributed by atoms with E-state index in [4.69, 9.17) is 9.72 Å². The molecule has 4 rings (SSSR count). The van der Waals surface area contributed by atoms with E-state index in [0.29, 0.717) is 35.8 Å². The Bertz CT molecular complexity index is 1060. The summed E-state index contributed by atoms with van der Waals surface area (Å²) in [6.45, 7) is 0.596. The molecule has 1 aliphatic rings. The number of nitrogens with one attached hydrogen (secondary N) is 1. The minimum absolute atomic E-state index is 0.118. The van der Waals surface area contributed by atoms with Gasteiger partial charge in [-0.1, -0.05) is 12.1 Å². The van der Waals surface area contributed by atoms with Crippen molar-refractivity contribution in [1.82, 2.24) is 19.9 Å². The van der Waals surface area contributed by atoms with Gasteiger partial charge in [0, 0.05) is 30.6 Å². The van der Waals surface area contributed by atoms with E-state index >= 15 is 0 Å². The monoisotopic (exact) mass is 376 g/mol. The number of benzene rings is 1. The molecule has 1 atom stereocenters. The number of methoxy groups -OCH3 is 1. The van der Waals surface area contributed by atoms with Crippen LogP contribution in [0.5, 0.6) is 5.75 Å². The molecule has 0 saturated heterocycles. The third kappa shape index (κ3) is 3.38. The minimum atomic E-state index is -0.347. The minimum Gasteiger partial charge on any atom is -0.496 e. The number of hydrogen-bond acceptors (Lipinski definition) is 5. The van der Waals surface area contributed by atoms with Gasteiger partial charge in [0.15, 0.2) is 0 Å². The van der Waals surface area contributed by atoms with Gasteiger partial charge in [-0.25, -0.2) is 4.98 Å². The van der Waals surface area contributed by atoms with Crippen molar-refractivity contribution in [2.75, 3.05) is 7.11 Å². The molecule has 0 fully saturated rings. The molecule has 1 aromatic carbocycles. The van der Waals surface area contributed by atoms with Gasteiger partial charge in [-0.3, -0.25) is 19.1 Å². The molecule has 28 heavy (non-hydrogen) atoms. The first-order valence-electron chi connectivity index (χ1n) is 9.13. The molecule has 2 aromatic heterocycles. The summed E-state index contributed by atoms with van der Waals surface area (Å²) in [5.41, 5.74) is 1.73. The molecule has 1 amide bonds. The van der Waals surface area contributed by atoms with E-state index in [1.54, 1.807) is 35.2 Å². The van der Waals surface area contributed by atoms with E-state index in [1.165, 1.54) is 13.2 Å². The molecule has 1 unspecified atom stereocenters. The fourth-order valence-electron chi connectivity index (χ4n) is 3.47. The lowest BCUT2D eigenvalue weighted by atomic mass is 10.0. The number of amides is 1. The molecule has 3 aromatic rings. The van der Waals surface area contributed by atoms with Crippen molar-refractivity contribution in [1.29, 1.82) is 0 Å². The van der Waals surface area contributed by atoms with Gasteiger partial charge in [0.2, 0.25) is 0 Å². The van der Waals surface area contributed by atoms with E-state index < -0.39 is 0 Å². The Morgan fingerprint density at radius 1 is 1.21 bits per heavy atom. The smallest absolute Gasteiger partial charge is 0.255 e. The Kier molecular flexibility index (Phi) is 4.89. The molecule has 7 heteroatoms. The SMILES string of the molecule is COc1ccccc1C(=O)NC1CCCn2c1nc(-c1ccncc1)cc2=O. The number of pyridine rings is 1. The summed E-state index contributed by atoms with van der Waals surface area (Å²) in [5, 5.41) is 3.02. The van der Waals surface area contributed by atoms with Crippen LogP contribution in [0.2, 0.25) is 0 Å². The molecule has 0 aliphatic carbocycles. The normalized spacial score (nSPS) is 15.5. The zero-order chi connectivity index (χ0) is 19.5. The molecule has 0 saturated carbocycles. The van der Waals surface area contributed by atoms with Gasteiger partial charge in [0.05, 0.1) is 24.4 Å². The predicted molar refractivity (Wildman–Crippen MR) is 104 cm³/mol. The van der Waals surface area contributed by atoms with Gasteiger partial charge < -0.3 is 10.1 Å². The highest BCUT2D eigenvalue weighted by Crippen LogP contribution is 2.26. The molecule has 142 valence electrons. The molecule has 0 spiro atoms. The van der Waals surface area contributed by atoms with Gasteiger partial charge in [0.25, 0.3) is 11.5 Å². The topological polar surface area (TPSA) is 86.1 Å².